The molecule has 0 saturated heterocycles. The minimum atomic E-state index is -3.60. The molecule has 0 amide bonds. The number of para-hydroxylation sites is 1. The van der Waals surface area contributed by atoms with E-state index >= 15 is 0 Å². The van der Waals surface area contributed by atoms with E-state index in [-0.39, 0.29) is 44.4 Å². The molecule has 67 heavy (non-hydrogen) atoms. The van der Waals surface area contributed by atoms with E-state index < -0.39 is 36.0 Å². The predicted octanol–water partition coefficient (Wildman–Crippen LogP) is 9.97. The van der Waals surface area contributed by atoms with Gasteiger partial charge in [0.1, 0.15) is 35.1 Å². The maximum absolute atomic E-state index is 14.2. The maximum atomic E-state index is 14.2. The molecule has 7 rings (SSSR count). The first-order valence-electron chi connectivity index (χ1n) is 21.5. The van der Waals surface area contributed by atoms with Gasteiger partial charge in [0.15, 0.2) is 5.82 Å². The van der Waals surface area contributed by atoms with E-state index in [1.807, 2.05) is 37.3 Å². The number of aliphatic hydroxyl groups excluding tert-OH is 1. The first kappa shape index (κ1) is 49.1. The van der Waals surface area contributed by atoms with Gasteiger partial charge >= 0.3 is 5.97 Å². The number of rotatable bonds is 20. The monoisotopic (exact) mass is 983 g/mol. The Labute approximate surface area is 399 Å². The highest BCUT2D eigenvalue weighted by atomic mass is 35.5. The summed E-state index contributed by atoms with van der Waals surface area (Å²) in [7, 11) is -3.66. The van der Waals surface area contributed by atoms with Crippen LogP contribution in [0, 0.1) is 12.7 Å². The van der Waals surface area contributed by atoms with Gasteiger partial charge in [-0.1, -0.05) is 79.8 Å². The van der Waals surface area contributed by atoms with Crippen LogP contribution >= 0.6 is 22.9 Å². The molecular formula is C49H51ClFN5O8S2Si. The molecule has 2 N–H and O–H groups in total. The van der Waals surface area contributed by atoms with Gasteiger partial charge in [0.25, 0.3) is 0 Å². The number of benzene rings is 4. The first-order chi connectivity index (χ1) is 32.1. The third-order valence-electron chi connectivity index (χ3n) is 10.9. The number of carbonyl (C=O) groups excluding carboxylic acids is 1. The number of hydrogen-bond acceptors (Lipinski definition) is 13. The second-order valence-corrected chi connectivity index (χ2v) is 25.8. The normalized spacial score (nSPS) is 12.3. The number of thiophene rings is 1. The quantitative estimate of drug-likeness (QED) is 0.0548. The van der Waals surface area contributed by atoms with Crippen LogP contribution in [0.2, 0.25) is 30.7 Å². The highest BCUT2D eigenvalue weighted by molar-refractivity contribution is 7.89. The van der Waals surface area contributed by atoms with Crippen molar-refractivity contribution in [1.29, 1.82) is 0 Å². The van der Waals surface area contributed by atoms with E-state index in [4.69, 9.17) is 35.5 Å². The standard InChI is InChI=1S/C49H51ClFN5O8S2Si/c1-7-62-49(58)41(64-47-43-42(37-18-15-33(27-57)44(50)30(37)2)45(65-48(43)54-29-53-47)32-13-16-35(51)17-14-32)25-34-24-31(26-55-66(59,60)22-23-67(4,5)6)12-19-39(34)63-28-36-20-21-52-46(56-36)38-10-8-9-11-40(38)61-3/h8-21,24,29,41,55,57H,7,22-23,25-28H2,1-6H3/t41-/m1/s1. The number of aliphatic hydroxyl groups is 1. The van der Waals surface area contributed by atoms with Gasteiger partial charge in [-0.05, 0) is 89.7 Å². The lowest BCUT2D eigenvalue weighted by molar-refractivity contribution is -0.151. The Kier molecular flexibility index (Phi) is 15.7. The van der Waals surface area contributed by atoms with Crippen LogP contribution in [0.15, 0.2) is 97.5 Å². The zero-order valence-corrected chi connectivity index (χ0v) is 41.3. The minimum absolute atomic E-state index is 0.00559. The van der Waals surface area contributed by atoms with Gasteiger partial charge in [-0.15, -0.1) is 11.3 Å². The van der Waals surface area contributed by atoms with Crippen molar-refractivity contribution in [1.82, 2.24) is 24.7 Å². The predicted molar refractivity (Wildman–Crippen MR) is 262 cm³/mol. The van der Waals surface area contributed by atoms with Gasteiger partial charge in [0.05, 0.1) is 42.7 Å². The topological polar surface area (TPSA) is 172 Å². The summed E-state index contributed by atoms with van der Waals surface area (Å²) in [5.41, 5.74) is 5.63. The van der Waals surface area contributed by atoms with Gasteiger partial charge in [0.2, 0.25) is 22.0 Å². The van der Waals surface area contributed by atoms with Gasteiger partial charge < -0.3 is 24.1 Å². The summed E-state index contributed by atoms with van der Waals surface area (Å²) in [4.78, 5) is 33.7. The Morgan fingerprint density at radius 1 is 0.955 bits per heavy atom. The van der Waals surface area contributed by atoms with Crippen LogP contribution in [0.25, 0.3) is 43.2 Å². The zero-order chi connectivity index (χ0) is 47.9. The van der Waals surface area contributed by atoms with Crippen molar-refractivity contribution < 1.29 is 41.7 Å². The number of nitrogens with zero attached hydrogens (tertiary/aromatic N) is 4. The highest BCUT2D eigenvalue weighted by Gasteiger charge is 2.30. The molecule has 0 aliphatic carbocycles. The van der Waals surface area contributed by atoms with Crippen molar-refractivity contribution in [3.05, 3.63) is 136 Å². The summed E-state index contributed by atoms with van der Waals surface area (Å²) in [5, 5.41) is 10.9. The number of esters is 1. The van der Waals surface area contributed by atoms with Crippen LogP contribution in [0.1, 0.15) is 34.9 Å². The molecule has 7 aromatic rings. The number of ether oxygens (including phenoxy) is 4. The van der Waals surface area contributed by atoms with Crippen molar-refractivity contribution in [2.24, 2.45) is 0 Å². The fraction of sp³-hybridized carbons (Fsp3) is 0.286. The van der Waals surface area contributed by atoms with E-state index in [2.05, 4.69) is 39.3 Å². The van der Waals surface area contributed by atoms with Crippen molar-refractivity contribution in [2.75, 3.05) is 19.5 Å². The molecule has 4 aromatic carbocycles. The molecule has 0 radical (unpaired) electrons. The van der Waals surface area contributed by atoms with Gasteiger partial charge in [-0.2, -0.15) is 0 Å². The lowest BCUT2D eigenvalue weighted by atomic mass is 9.94. The second kappa shape index (κ2) is 21.4. The molecule has 0 bridgehead atoms. The minimum Gasteiger partial charge on any atom is -0.496 e. The number of aromatic nitrogens is 4. The summed E-state index contributed by atoms with van der Waals surface area (Å²) >= 11 is 8.14. The Morgan fingerprint density at radius 2 is 1.73 bits per heavy atom. The van der Waals surface area contributed by atoms with Gasteiger partial charge in [-0.25, -0.2) is 42.3 Å². The zero-order valence-electron chi connectivity index (χ0n) is 37.9. The number of nitrogens with one attached hydrogen (secondary N) is 1. The molecule has 0 fully saturated rings. The van der Waals surface area contributed by atoms with Crippen molar-refractivity contribution >= 4 is 57.2 Å². The van der Waals surface area contributed by atoms with E-state index in [1.165, 1.54) is 29.8 Å². The van der Waals surface area contributed by atoms with Gasteiger partial charge in [-0.3, -0.25) is 0 Å². The molecule has 0 aliphatic heterocycles. The van der Waals surface area contributed by atoms with Gasteiger partial charge in [0, 0.05) is 42.7 Å². The smallest absolute Gasteiger partial charge is 0.347 e. The average Bonchev–Trinajstić information content (AvgIpc) is 3.71. The number of halogens is 2. The fourth-order valence-corrected chi connectivity index (χ4v) is 12.7. The summed E-state index contributed by atoms with van der Waals surface area (Å²) in [6.07, 6.45) is 1.58. The van der Waals surface area contributed by atoms with Crippen LogP contribution in [0.4, 0.5) is 4.39 Å². The molecule has 0 saturated carbocycles. The fourth-order valence-electron chi connectivity index (χ4n) is 7.27. The third kappa shape index (κ3) is 12.0. The van der Waals surface area contributed by atoms with Crippen molar-refractivity contribution in [2.45, 2.75) is 71.8 Å². The molecule has 0 unspecified atom stereocenters. The van der Waals surface area contributed by atoms with E-state index in [9.17, 15) is 22.7 Å². The molecule has 350 valence electrons. The molecule has 3 aromatic heterocycles. The highest BCUT2D eigenvalue weighted by Crippen LogP contribution is 2.49. The van der Waals surface area contributed by atoms with Crippen LogP contribution in [0.5, 0.6) is 17.4 Å². The van der Waals surface area contributed by atoms with Crippen LogP contribution in [0.3, 0.4) is 0 Å². The lowest BCUT2D eigenvalue weighted by Gasteiger charge is -2.21. The van der Waals surface area contributed by atoms with Crippen molar-refractivity contribution in [3.63, 3.8) is 0 Å². The Hall–Kier alpha value is -5.82. The maximum Gasteiger partial charge on any atom is 0.347 e. The van der Waals surface area contributed by atoms with E-state index in [1.54, 1.807) is 62.7 Å². The van der Waals surface area contributed by atoms with E-state index in [0.29, 0.717) is 88.8 Å². The molecular weight excluding hydrogens is 933 g/mol. The Bertz CT molecular complexity index is 3010. The number of fused-ring (bicyclic) bond motifs is 1. The average molecular weight is 985 g/mol. The number of hydrogen-bond donors (Lipinski definition) is 2. The summed E-state index contributed by atoms with van der Waals surface area (Å²) in [6, 6.07) is 24.7. The molecule has 18 heteroatoms. The Morgan fingerprint density at radius 3 is 2.46 bits per heavy atom. The molecule has 0 spiro atoms. The third-order valence-corrected chi connectivity index (χ3v) is 16.0. The largest absolute Gasteiger partial charge is 0.496 e. The molecule has 1 atom stereocenters. The Balaban J connectivity index is 1.29. The number of sulfonamides is 1. The summed E-state index contributed by atoms with van der Waals surface area (Å²) < 4.78 is 67.5. The molecule has 3 heterocycles. The van der Waals surface area contributed by atoms with Crippen molar-refractivity contribution in [3.8, 4) is 50.3 Å². The summed E-state index contributed by atoms with van der Waals surface area (Å²) in [6.45, 7) is 9.69. The van der Waals surface area contributed by atoms with Crippen LogP contribution in [-0.4, -0.2) is 73.1 Å². The number of carbonyl (C=O) groups is 1. The molecule has 13 nitrogen and oxygen atoms in total. The number of methoxy groups -OCH3 is 1. The van der Waals surface area contributed by atoms with Crippen LogP contribution < -0.4 is 18.9 Å². The summed E-state index contributed by atoms with van der Waals surface area (Å²) in [5.74, 6) is 0.446. The second-order valence-electron chi connectivity index (χ2n) is 16.9. The van der Waals surface area contributed by atoms with Crippen LogP contribution in [-0.2, 0) is 45.7 Å². The SMILES string of the molecule is CCOC(=O)[C@@H](Cc1cc(CNS(=O)(=O)CC[Si](C)(C)C)ccc1OCc1ccnc(-c2ccccc2OC)n1)Oc1ncnc2sc(-c3ccc(F)cc3)c(-c3ccc(CO)c(Cl)c3C)c12. The first-order valence-corrected chi connectivity index (χ1v) is 28.1. The van der Waals surface area contributed by atoms with E-state index in [0.717, 1.165) is 4.88 Å². The molecule has 0 aliphatic rings. The lowest BCUT2D eigenvalue weighted by Crippen LogP contribution is -2.32.